The van der Waals surface area contributed by atoms with Crippen molar-refractivity contribution in [3.8, 4) is 22.3 Å². The second-order valence-corrected chi connectivity index (χ2v) is 7.80. The molecule has 0 radical (unpaired) electrons. The summed E-state index contributed by atoms with van der Waals surface area (Å²) >= 11 is 6.10. The van der Waals surface area contributed by atoms with Crippen LogP contribution in [0, 0.1) is 0 Å². The van der Waals surface area contributed by atoms with Crippen LogP contribution in [-0.4, -0.2) is 14.7 Å². The van der Waals surface area contributed by atoms with Crippen LogP contribution >= 0.6 is 11.6 Å². The van der Waals surface area contributed by atoms with E-state index < -0.39 is 9.84 Å². The first kappa shape index (κ1) is 15.8. The third-order valence-electron chi connectivity index (χ3n) is 3.66. The van der Waals surface area contributed by atoms with E-state index in [-0.39, 0.29) is 0 Å². The molecule has 0 N–H and O–H groups in total. The lowest BCUT2D eigenvalue weighted by molar-refractivity contribution is 0.602. The first-order valence-electron chi connectivity index (χ1n) is 7.10. The van der Waals surface area contributed by atoms with Crippen molar-refractivity contribution in [2.45, 2.75) is 4.90 Å². The number of sulfone groups is 1. The molecule has 116 valence electrons. The summed E-state index contributed by atoms with van der Waals surface area (Å²) in [6.07, 6.45) is 1.21. The zero-order chi connectivity index (χ0) is 16.4. The molecule has 0 bridgehead atoms. The first-order valence-corrected chi connectivity index (χ1v) is 9.37. The van der Waals surface area contributed by atoms with Gasteiger partial charge in [0.25, 0.3) is 0 Å². The predicted molar refractivity (Wildman–Crippen MR) is 95.4 cm³/mol. The van der Waals surface area contributed by atoms with Crippen LogP contribution in [0.15, 0.2) is 77.7 Å². The van der Waals surface area contributed by atoms with Crippen molar-refractivity contribution < 1.29 is 8.42 Å². The Morgan fingerprint density at radius 1 is 0.739 bits per heavy atom. The summed E-state index contributed by atoms with van der Waals surface area (Å²) in [6.45, 7) is 0. The molecule has 0 spiro atoms. The zero-order valence-electron chi connectivity index (χ0n) is 12.5. The summed E-state index contributed by atoms with van der Waals surface area (Å²) in [5.41, 5.74) is 4.09. The van der Waals surface area contributed by atoms with Gasteiger partial charge in [0.1, 0.15) is 0 Å². The fourth-order valence-electron chi connectivity index (χ4n) is 2.52. The van der Waals surface area contributed by atoms with Crippen LogP contribution in [0.3, 0.4) is 0 Å². The molecular formula is C19H15ClO2S. The van der Waals surface area contributed by atoms with Gasteiger partial charge >= 0.3 is 0 Å². The predicted octanol–water partition coefficient (Wildman–Crippen LogP) is 5.08. The lowest BCUT2D eigenvalue weighted by atomic mass is 9.95. The Morgan fingerprint density at radius 3 is 1.91 bits per heavy atom. The monoisotopic (exact) mass is 342 g/mol. The highest BCUT2D eigenvalue weighted by Gasteiger charge is 2.10. The highest BCUT2D eigenvalue weighted by Crippen LogP contribution is 2.33. The molecule has 23 heavy (non-hydrogen) atoms. The van der Waals surface area contributed by atoms with E-state index in [1.54, 1.807) is 12.1 Å². The van der Waals surface area contributed by atoms with Crippen LogP contribution in [0.25, 0.3) is 22.3 Å². The van der Waals surface area contributed by atoms with Crippen LogP contribution in [-0.2, 0) is 9.84 Å². The molecule has 0 aromatic heterocycles. The maximum atomic E-state index is 11.6. The quantitative estimate of drug-likeness (QED) is 0.665. The van der Waals surface area contributed by atoms with Crippen LogP contribution in [0.5, 0.6) is 0 Å². The number of hydrogen-bond acceptors (Lipinski definition) is 2. The molecule has 0 saturated carbocycles. The van der Waals surface area contributed by atoms with Gasteiger partial charge in [-0.2, -0.15) is 0 Å². The van der Waals surface area contributed by atoms with Gasteiger partial charge in [0, 0.05) is 11.3 Å². The van der Waals surface area contributed by atoms with Gasteiger partial charge in [0.2, 0.25) is 0 Å². The van der Waals surface area contributed by atoms with Gasteiger partial charge in [0.15, 0.2) is 9.84 Å². The normalized spacial score (nSPS) is 11.4. The van der Waals surface area contributed by atoms with Gasteiger partial charge in [0.05, 0.1) is 4.90 Å². The van der Waals surface area contributed by atoms with E-state index in [2.05, 4.69) is 0 Å². The Morgan fingerprint density at radius 2 is 1.35 bits per heavy atom. The largest absolute Gasteiger partial charge is 0.224 e. The molecule has 0 saturated heterocycles. The van der Waals surface area contributed by atoms with E-state index in [4.69, 9.17) is 11.6 Å². The van der Waals surface area contributed by atoms with Gasteiger partial charge in [-0.25, -0.2) is 8.42 Å². The van der Waals surface area contributed by atoms with Gasteiger partial charge in [-0.05, 0) is 46.5 Å². The lowest BCUT2D eigenvalue weighted by Crippen LogP contribution is -1.96. The average molecular weight is 343 g/mol. The van der Waals surface area contributed by atoms with Crippen LogP contribution in [0.2, 0.25) is 5.02 Å². The van der Waals surface area contributed by atoms with E-state index in [9.17, 15) is 8.42 Å². The summed E-state index contributed by atoms with van der Waals surface area (Å²) in [6, 6.07) is 22.6. The van der Waals surface area contributed by atoms with Crippen molar-refractivity contribution >= 4 is 21.4 Å². The van der Waals surface area contributed by atoms with Gasteiger partial charge in [-0.3, -0.25) is 0 Å². The Bertz CT molecular complexity index is 945. The molecule has 0 fully saturated rings. The first-order chi connectivity index (χ1) is 10.9. The van der Waals surface area contributed by atoms with Crippen LogP contribution < -0.4 is 0 Å². The highest BCUT2D eigenvalue weighted by atomic mass is 35.5. The average Bonchev–Trinajstić information content (AvgIpc) is 2.54. The van der Waals surface area contributed by atoms with Crippen molar-refractivity contribution in [3.05, 3.63) is 77.8 Å². The van der Waals surface area contributed by atoms with E-state index in [0.717, 1.165) is 22.3 Å². The molecule has 0 aliphatic heterocycles. The Kier molecular flexibility index (Phi) is 4.24. The van der Waals surface area contributed by atoms with Gasteiger partial charge < -0.3 is 0 Å². The molecule has 2 nitrogen and oxygen atoms in total. The van der Waals surface area contributed by atoms with Crippen molar-refractivity contribution in [2.24, 2.45) is 0 Å². The SMILES string of the molecule is CS(=O)(=O)c1ccc(-c2ccccc2-c2cccc(Cl)c2)cc1. The van der Waals surface area contributed by atoms with Crippen molar-refractivity contribution in [1.29, 1.82) is 0 Å². The molecule has 0 atom stereocenters. The fourth-order valence-corrected chi connectivity index (χ4v) is 3.35. The Balaban J connectivity index is 2.11. The maximum absolute atomic E-state index is 11.6. The lowest BCUT2D eigenvalue weighted by Gasteiger charge is -2.11. The van der Waals surface area contributed by atoms with E-state index in [1.807, 2.05) is 60.7 Å². The van der Waals surface area contributed by atoms with E-state index >= 15 is 0 Å². The molecule has 4 heteroatoms. The van der Waals surface area contributed by atoms with Crippen molar-refractivity contribution in [2.75, 3.05) is 6.26 Å². The summed E-state index contributed by atoms with van der Waals surface area (Å²) in [7, 11) is -3.19. The fraction of sp³-hybridized carbons (Fsp3) is 0.0526. The van der Waals surface area contributed by atoms with E-state index in [1.165, 1.54) is 6.26 Å². The standard InChI is InChI=1S/C19H15ClO2S/c1-23(21,22)17-11-9-14(10-12-17)18-7-2-3-8-19(18)15-5-4-6-16(20)13-15/h2-13H,1H3. The number of hydrogen-bond donors (Lipinski definition) is 0. The minimum absolute atomic E-state index is 0.321. The van der Waals surface area contributed by atoms with Gasteiger partial charge in [-0.1, -0.05) is 60.1 Å². The van der Waals surface area contributed by atoms with Crippen molar-refractivity contribution in [3.63, 3.8) is 0 Å². The summed E-state index contributed by atoms with van der Waals surface area (Å²) in [5.74, 6) is 0. The number of benzene rings is 3. The van der Waals surface area contributed by atoms with Crippen molar-refractivity contribution in [1.82, 2.24) is 0 Å². The molecule has 0 amide bonds. The smallest absolute Gasteiger partial charge is 0.175 e. The molecule has 3 rings (SSSR count). The van der Waals surface area contributed by atoms with E-state index in [0.29, 0.717) is 9.92 Å². The molecule has 0 aliphatic carbocycles. The maximum Gasteiger partial charge on any atom is 0.175 e. The highest BCUT2D eigenvalue weighted by molar-refractivity contribution is 7.90. The minimum Gasteiger partial charge on any atom is -0.224 e. The second kappa shape index (κ2) is 6.19. The second-order valence-electron chi connectivity index (χ2n) is 5.35. The topological polar surface area (TPSA) is 34.1 Å². The summed E-state index contributed by atoms with van der Waals surface area (Å²) < 4.78 is 23.2. The minimum atomic E-state index is -3.19. The zero-order valence-corrected chi connectivity index (χ0v) is 14.1. The number of rotatable bonds is 3. The third-order valence-corrected chi connectivity index (χ3v) is 5.02. The Hall–Kier alpha value is -2.10. The molecule has 3 aromatic carbocycles. The van der Waals surface area contributed by atoms with Crippen LogP contribution in [0.1, 0.15) is 0 Å². The Labute approximate surface area is 141 Å². The molecule has 0 unspecified atom stereocenters. The molecule has 3 aromatic rings. The van der Waals surface area contributed by atoms with Crippen LogP contribution in [0.4, 0.5) is 0 Å². The molecule has 0 heterocycles. The molecule has 0 aliphatic rings. The number of halogens is 1. The molecular weight excluding hydrogens is 328 g/mol. The third kappa shape index (κ3) is 3.46. The van der Waals surface area contributed by atoms with Gasteiger partial charge in [-0.15, -0.1) is 0 Å². The summed E-state index contributed by atoms with van der Waals surface area (Å²) in [4.78, 5) is 0.321. The summed E-state index contributed by atoms with van der Waals surface area (Å²) in [5, 5.41) is 0.685.